The number of likely N-dealkylation sites (tertiary alicyclic amines) is 1. The van der Waals surface area contributed by atoms with Gasteiger partial charge in [-0.3, -0.25) is 0 Å². The number of anilines is 1. The number of nitrogen functional groups attached to an aromatic ring is 1. The highest BCUT2D eigenvalue weighted by Gasteiger charge is 2.39. The van der Waals surface area contributed by atoms with Gasteiger partial charge < -0.3 is 20.5 Å². The molecular weight excluding hydrogens is 316 g/mol. The van der Waals surface area contributed by atoms with Crippen molar-refractivity contribution in [3.63, 3.8) is 0 Å². The van der Waals surface area contributed by atoms with Crippen molar-refractivity contribution in [2.45, 2.75) is 72.4 Å². The minimum atomic E-state index is -0.823. The molecule has 1 aliphatic heterocycles. The predicted octanol–water partition coefficient (Wildman–Crippen LogP) is 4.64. The quantitative estimate of drug-likeness (QED) is 0.781. The molecule has 25 heavy (non-hydrogen) atoms. The number of ether oxygens (including phenoxy) is 1. The number of nitrogens with zero attached hydrogens (tertiary/aromatic N) is 1. The van der Waals surface area contributed by atoms with Crippen LogP contribution in [0.2, 0.25) is 0 Å². The lowest BCUT2D eigenvalue weighted by Crippen LogP contribution is -2.51. The van der Waals surface area contributed by atoms with Gasteiger partial charge in [0.15, 0.2) is 0 Å². The third-order valence-electron chi connectivity index (χ3n) is 5.05. The van der Waals surface area contributed by atoms with Gasteiger partial charge in [-0.1, -0.05) is 20.8 Å². The molecule has 1 saturated heterocycles. The largest absolute Gasteiger partial charge is 0.489 e. The van der Waals surface area contributed by atoms with Crippen molar-refractivity contribution in [3.05, 3.63) is 23.3 Å². The first-order valence-corrected chi connectivity index (χ1v) is 9.07. The van der Waals surface area contributed by atoms with E-state index in [4.69, 9.17) is 10.5 Å². The number of rotatable bonds is 3. The van der Waals surface area contributed by atoms with Crippen LogP contribution in [0.15, 0.2) is 12.1 Å². The maximum atomic E-state index is 11.6. The molecule has 5 heteroatoms. The first kappa shape index (κ1) is 19.4. The Morgan fingerprint density at radius 3 is 2.52 bits per heavy atom. The lowest BCUT2D eigenvalue weighted by molar-refractivity contribution is 0.0525. The summed E-state index contributed by atoms with van der Waals surface area (Å²) in [6.45, 7) is 12.9. The van der Waals surface area contributed by atoms with E-state index in [9.17, 15) is 9.90 Å². The SMILES string of the molecule is Cc1cc(N)c(OC(C)C)cc1C1CCN(C(=O)O)C(C(C)(C)C)C1. The molecule has 0 aromatic heterocycles. The van der Waals surface area contributed by atoms with E-state index in [1.54, 1.807) is 4.90 Å². The zero-order chi connectivity index (χ0) is 18.9. The molecule has 0 spiro atoms. The minimum Gasteiger partial charge on any atom is -0.489 e. The van der Waals surface area contributed by atoms with Gasteiger partial charge in [-0.05, 0) is 68.2 Å². The molecule has 1 heterocycles. The van der Waals surface area contributed by atoms with Crippen LogP contribution in [0.3, 0.4) is 0 Å². The second-order valence-corrected chi connectivity index (χ2v) is 8.49. The van der Waals surface area contributed by atoms with E-state index in [2.05, 4.69) is 33.8 Å². The third kappa shape index (κ3) is 4.39. The van der Waals surface area contributed by atoms with Crippen molar-refractivity contribution in [3.8, 4) is 5.75 Å². The molecule has 0 bridgehead atoms. The Hall–Kier alpha value is -1.91. The van der Waals surface area contributed by atoms with E-state index in [0.717, 1.165) is 24.2 Å². The normalized spacial score (nSPS) is 21.5. The minimum absolute atomic E-state index is 0.00447. The van der Waals surface area contributed by atoms with Gasteiger partial charge in [-0.2, -0.15) is 0 Å². The fourth-order valence-electron chi connectivity index (χ4n) is 3.82. The summed E-state index contributed by atoms with van der Waals surface area (Å²) in [5.74, 6) is 1.04. The Morgan fingerprint density at radius 2 is 2.00 bits per heavy atom. The Morgan fingerprint density at radius 1 is 1.36 bits per heavy atom. The maximum Gasteiger partial charge on any atom is 0.407 e. The van der Waals surface area contributed by atoms with Crippen LogP contribution in [-0.2, 0) is 0 Å². The van der Waals surface area contributed by atoms with Crippen LogP contribution in [0.25, 0.3) is 0 Å². The molecule has 1 aromatic carbocycles. The maximum absolute atomic E-state index is 11.6. The fraction of sp³-hybridized carbons (Fsp3) is 0.650. The van der Waals surface area contributed by atoms with Crippen molar-refractivity contribution in [1.29, 1.82) is 0 Å². The summed E-state index contributed by atoms with van der Waals surface area (Å²) in [5.41, 5.74) is 9.05. The van der Waals surface area contributed by atoms with E-state index >= 15 is 0 Å². The Labute approximate surface area is 151 Å². The first-order valence-electron chi connectivity index (χ1n) is 9.07. The van der Waals surface area contributed by atoms with Gasteiger partial charge in [-0.15, -0.1) is 0 Å². The number of carboxylic acid groups (broad SMARTS) is 1. The number of hydrogen-bond acceptors (Lipinski definition) is 3. The van der Waals surface area contributed by atoms with Crippen LogP contribution in [0.4, 0.5) is 10.5 Å². The molecule has 1 amide bonds. The van der Waals surface area contributed by atoms with Gasteiger partial charge in [0, 0.05) is 12.6 Å². The van der Waals surface area contributed by atoms with Crippen LogP contribution < -0.4 is 10.5 Å². The summed E-state index contributed by atoms with van der Waals surface area (Å²) in [4.78, 5) is 13.2. The lowest BCUT2D eigenvalue weighted by Gasteiger charge is -2.45. The van der Waals surface area contributed by atoms with Crippen molar-refractivity contribution in [2.75, 3.05) is 12.3 Å². The van der Waals surface area contributed by atoms with E-state index in [0.29, 0.717) is 18.2 Å². The van der Waals surface area contributed by atoms with Crippen molar-refractivity contribution >= 4 is 11.8 Å². The molecule has 1 fully saturated rings. The Kier molecular flexibility index (Phi) is 5.55. The smallest absolute Gasteiger partial charge is 0.407 e. The number of hydrogen-bond donors (Lipinski definition) is 2. The number of piperidine rings is 1. The zero-order valence-corrected chi connectivity index (χ0v) is 16.3. The van der Waals surface area contributed by atoms with Gasteiger partial charge in [-0.25, -0.2) is 4.79 Å². The average molecular weight is 348 g/mol. The van der Waals surface area contributed by atoms with E-state index in [-0.39, 0.29) is 17.6 Å². The molecule has 1 aromatic rings. The van der Waals surface area contributed by atoms with E-state index in [1.807, 2.05) is 19.9 Å². The Balaban J connectivity index is 2.34. The molecule has 5 nitrogen and oxygen atoms in total. The van der Waals surface area contributed by atoms with Crippen LogP contribution in [-0.4, -0.2) is 34.8 Å². The summed E-state index contributed by atoms with van der Waals surface area (Å²) in [6, 6.07) is 4.03. The number of amides is 1. The van der Waals surface area contributed by atoms with Gasteiger partial charge in [0.2, 0.25) is 0 Å². The van der Waals surface area contributed by atoms with E-state index in [1.165, 1.54) is 5.56 Å². The molecule has 2 atom stereocenters. The molecule has 2 rings (SSSR count). The summed E-state index contributed by atoms with van der Waals surface area (Å²) in [5, 5.41) is 9.55. The zero-order valence-electron chi connectivity index (χ0n) is 16.3. The molecule has 3 N–H and O–H groups in total. The topological polar surface area (TPSA) is 75.8 Å². The average Bonchev–Trinajstić information content (AvgIpc) is 2.48. The van der Waals surface area contributed by atoms with Gasteiger partial charge in [0.05, 0.1) is 11.8 Å². The number of aryl methyl sites for hydroxylation is 1. The van der Waals surface area contributed by atoms with Crippen molar-refractivity contribution in [1.82, 2.24) is 4.90 Å². The molecular formula is C20H32N2O3. The second kappa shape index (κ2) is 7.14. The standard InChI is InChI=1S/C20H32N2O3/c1-12(2)25-17-11-15(13(3)9-16(17)21)14-7-8-22(19(23)24)18(10-14)20(4,5)6/h9,11-12,14,18H,7-8,10,21H2,1-6H3,(H,23,24). The van der Waals surface area contributed by atoms with Gasteiger partial charge >= 0.3 is 6.09 Å². The highest BCUT2D eigenvalue weighted by atomic mass is 16.5. The Bertz CT molecular complexity index is 635. The molecule has 0 radical (unpaired) electrons. The van der Waals surface area contributed by atoms with Crippen LogP contribution >= 0.6 is 0 Å². The number of nitrogens with two attached hydrogens (primary N) is 1. The monoisotopic (exact) mass is 348 g/mol. The molecule has 1 aliphatic rings. The molecule has 2 unspecified atom stereocenters. The summed E-state index contributed by atoms with van der Waals surface area (Å²) >= 11 is 0. The van der Waals surface area contributed by atoms with Crippen molar-refractivity contribution < 1.29 is 14.6 Å². The fourth-order valence-corrected chi connectivity index (χ4v) is 3.82. The van der Waals surface area contributed by atoms with Crippen LogP contribution in [0, 0.1) is 12.3 Å². The highest BCUT2D eigenvalue weighted by Crippen LogP contribution is 2.41. The molecule has 0 saturated carbocycles. The summed E-state index contributed by atoms with van der Waals surface area (Å²) < 4.78 is 5.86. The summed E-state index contributed by atoms with van der Waals surface area (Å²) in [6.07, 6.45) is 0.886. The van der Waals surface area contributed by atoms with Crippen LogP contribution in [0.1, 0.15) is 64.5 Å². The lowest BCUT2D eigenvalue weighted by atomic mass is 9.74. The summed E-state index contributed by atoms with van der Waals surface area (Å²) in [7, 11) is 0. The first-order chi connectivity index (χ1) is 11.5. The van der Waals surface area contributed by atoms with Crippen LogP contribution in [0.5, 0.6) is 5.75 Å². The third-order valence-corrected chi connectivity index (χ3v) is 5.05. The van der Waals surface area contributed by atoms with Crippen molar-refractivity contribution in [2.24, 2.45) is 5.41 Å². The molecule has 0 aliphatic carbocycles. The number of benzene rings is 1. The molecule has 140 valence electrons. The van der Waals surface area contributed by atoms with Gasteiger partial charge in [0.1, 0.15) is 5.75 Å². The second-order valence-electron chi connectivity index (χ2n) is 8.49. The highest BCUT2D eigenvalue weighted by molar-refractivity contribution is 5.66. The van der Waals surface area contributed by atoms with E-state index < -0.39 is 6.09 Å². The van der Waals surface area contributed by atoms with Gasteiger partial charge in [0.25, 0.3) is 0 Å². The number of carbonyl (C=O) groups is 1. The predicted molar refractivity (Wildman–Crippen MR) is 101 cm³/mol.